The van der Waals surface area contributed by atoms with Crippen molar-refractivity contribution in [3.63, 3.8) is 0 Å². The first-order valence-corrected chi connectivity index (χ1v) is 8.86. The number of fused-ring (bicyclic) bond motifs is 4. The minimum absolute atomic E-state index is 0.650. The number of para-hydroxylation sites is 1. The first-order valence-electron chi connectivity index (χ1n) is 8.86. The third kappa shape index (κ3) is 2.29. The van der Waals surface area contributed by atoms with E-state index in [4.69, 9.17) is 0 Å². The monoisotopic (exact) mass is 318 g/mol. The fraction of sp³-hybridized carbons (Fsp3) is 0.350. The highest BCUT2D eigenvalue weighted by atomic mass is 15.3. The number of aromatic nitrogens is 2. The molecule has 4 heterocycles. The Balaban J connectivity index is 1.35. The van der Waals surface area contributed by atoms with Crippen molar-refractivity contribution in [2.24, 2.45) is 0 Å². The minimum Gasteiger partial charge on any atom is -0.366 e. The van der Waals surface area contributed by atoms with Crippen molar-refractivity contribution < 1.29 is 0 Å². The third-order valence-corrected chi connectivity index (χ3v) is 5.55. The Bertz CT molecular complexity index is 869. The lowest BCUT2D eigenvalue weighted by Gasteiger charge is -2.46. The molecule has 0 spiro atoms. The fourth-order valence-electron chi connectivity index (χ4n) is 4.34. The maximum Gasteiger partial charge on any atom is 0.137 e. The number of hydrogen-bond acceptors (Lipinski definition) is 3. The summed E-state index contributed by atoms with van der Waals surface area (Å²) in [6.07, 6.45) is 6.45. The summed E-state index contributed by atoms with van der Waals surface area (Å²) in [6.45, 7) is 4.42. The molecule has 2 aliphatic rings. The van der Waals surface area contributed by atoms with E-state index >= 15 is 0 Å². The maximum atomic E-state index is 4.40. The van der Waals surface area contributed by atoms with Crippen molar-refractivity contribution in [1.82, 2.24) is 14.9 Å². The molecule has 3 aromatic rings. The Morgan fingerprint density at radius 3 is 3.08 bits per heavy atom. The van der Waals surface area contributed by atoms with Crippen LogP contribution in [0.3, 0.4) is 0 Å². The number of anilines is 1. The molecule has 4 heteroatoms. The van der Waals surface area contributed by atoms with Crippen molar-refractivity contribution in [2.75, 3.05) is 24.5 Å². The van der Waals surface area contributed by atoms with Crippen LogP contribution in [-0.4, -0.2) is 40.5 Å². The SMILES string of the molecule is c1ccc2c(c1)CCC1CN(Cc3c[nH]c4ncccc34)CCN21. The van der Waals surface area contributed by atoms with Gasteiger partial charge in [0.2, 0.25) is 0 Å². The number of nitrogens with one attached hydrogen (secondary N) is 1. The van der Waals surface area contributed by atoms with Crippen molar-refractivity contribution >= 4 is 16.7 Å². The van der Waals surface area contributed by atoms with Gasteiger partial charge in [-0.05, 0) is 42.2 Å². The summed E-state index contributed by atoms with van der Waals surface area (Å²) in [5.41, 5.74) is 5.34. The van der Waals surface area contributed by atoms with Gasteiger partial charge in [-0.15, -0.1) is 0 Å². The molecule has 1 N–H and O–H groups in total. The van der Waals surface area contributed by atoms with E-state index in [0.717, 1.165) is 31.8 Å². The molecule has 1 aromatic carbocycles. The standard InChI is InChI=1S/C20H22N4/c1-2-6-19-15(4-1)7-8-17-14-23(10-11-24(17)19)13-16-12-22-20-18(16)5-3-9-21-20/h1-6,9,12,17H,7-8,10-11,13-14H2,(H,21,22). The van der Waals surface area contributed by atoms with E-state index in [0.29, 0.717) is 6.04 Å². The molecular weight excluding hydrogens is 296 g/mol. The molecule has 0 bridgehead atoms. The molecule has 4 nitrogen and oxygen atoms in total. The van der Waals surface area contributed by atoms with Gasteiger partial charge in [0.25, 0.3) is 0 Å². The predicted molar refractivity (Wildman–Crippen MR) is 97.3 cm³/mol. The molecule has 24 heavy (non-hydrogen) atoms. The summed E-state index contributed by atoms with van der Waals surface area (Å²) in [7, 11) is 0. The summed E-state index contributed by atoms with van der Waals surface area (Å²) >= 11 is 0. The highest BCUT2D eigenvalue weighted by Gasteiger charge is 2.31. The molecular formula is C20H22N4. The van der Waals surface area contributed by atoms with Crippen molar-refractivity contribution in [3.05, 3.63) is 59.9 Å². The zero-order valence-electron chi connectivity index (χ0n) is 13.8. The molecule has 0 saturated carbocycles. The Morgan fingerprint density at radius 2 is 2.08 bits per heavy atom. The van der Waals surface area contributed by atoms with Crippen LogP contribution in [0, 0.1) is 0 Å². The lowest BCUT2D eigenvalue weighted by atomic mass is 9.94. The second-order valence-electron chi connectivity index (χ2n) is 6.96. The summed E-state index contributed by atoms with van der Waals surface area (Å²) < 4.78 is 0. The van der Waals surface area contributed by atoms with E-state index in [9.17, 15) is 0 Å². The predicted octanol–water partition coefficient (Wildman–Crippen LogP) is 3.20. The summed E-state index contributed by atoms with van der Waals surface area (Å²) in [5.74, 6) is 0. The Kier molecular flexibility index (Phi) is 3.30. The zero-order valence-corrected chi connectivity index (χ0v) is 13.8. The Labute approximate surface area is 142 Å². The molecule has 0 amide bonds. The van der Waals surface area contributed by atoms with Gasteiger partial charge >= 0.3 is 0 Å². The number of H-pyrrole nitrogens is 1. The number of aryl methyl sites for hydroxylation is 1. The first kappa shape index (κ1) is 14.1. The second-order valence-corrected chi connectivity index (χ2v) is 6.96. The van der Waals surface area contributed by atoms with E-state index in [1.165, 1.54) is 35.0 Å². The fourth-order valence-corrected chi connectivity index (χ4v) is 4.34. The van der Waals surface area contributed by atoms with Gasteiger partial charge < -0.3 is 9.88 Å². The molecule has 1 saturated heterocycles. The average molecular weight is 318 g/mol. The van der Waals surface area contributed by atoms with E-state index in [1.54, 1.807) is 0 Å². The highest BCUT2D eigenvalue weighted by molar-refractivity contribution is 5.79. The zero-order chi connectivity index (χ0) is 15.9. The maximum absolute atomic E-state index is 4.40. The van der Waals surface area contributed by atoms with E-state index < -0.39 is 0 Å². The van der Waals surface area contributed by atoms with Crippen molar-refractivity contribution in [3.8, 4) is 0 Å². The van der Waals surface area contributed by atoms with Gasteiger partial charge in [0.05, 0.1) is 0 Å². The average Bonchev–Trinajstić information content (AvgIpc) is 3.04. The van der Waals surface area contributed by atoms with Crippen LogP contribution in [0.1, 0.15) is 17.5 Å². The van der Waals surface area contributed by atoms with Crippen LogP contribution in [0.15, 0.2) is 48.8 Å². The van der Waals surface area contributed by atoms with E-state index in [2.05, 4.69) is 56.3 Å². The van der Waals surface area contributed by atoms with Crippen molar-refractivity contribution in [1.29, 1.82) is 0 Å². The van der Waals surface area contributed by atoms with Gasteiger partial charge in [-0.1, -0.05) is 18.2 Å². The van der Waals surface area contributed by atoms with Gasteiger partial charge in [0.15, 0.2) is 0 Å². The van der Waals surface area contributed by atoms with E-state index in [1.807, 2.05) is 12.3 Å². The number of pyridine rings is 1. The lowest BCUT2D eigenvalue weighted by molar-refractivity contribution is 0.207. The Morgan fingerprint density at radius 1 is 1.12 bits per heavy atom. The number of hydrogen-bond donors (Lipinski definition) is 1. The normalized spacial score (nSPS) is 20.8. The van der Waals surface area contributed by atoms with Crippen LogP contribution in [0.5, 0.6) is 0 Å². The van der Waals surface area contributed by atoms with E-state index in [-0.39, 0.29) is 0 Å². The summed E-state index contributed by atoms with van der Waals surface area (Å²) in [4.78, 5) is 12.9. The molecule has 1 unspecified atom stereocenters. The molecule has 5 rings (SSSR count). The van der Waals surface area contributed by atoms with Crippen LogP contribution in [-0.2, 0) is 13.0 Å². The largest absolute Gasteiger partial charge is 0.366 e. The molecule has 2 aromatic heterocycles. The number of rotatable bonds is 2. The van der Waals surface area contributed by atoms with Crippen molar-refractivity contribution in [2.45, 2.75) is 25.4 Å². The highest BCUT2D eigenvalue weighted by Crippen LogP contribution is 2.33. The molecule has 1 atom stereocenters. The van der Waals surface area contributed by atoms with Gasteiger partial charge in [-0.3, -0.25) is 4.90 Å². The quantitative estimate of drug-likeness (QED) is 0.788. The van der Waals surface area contributed by atoms with Crippen LogP contribution >= 0.6 is 0 Å². The van der Waals surface area contributed by atoms with Gasteiger partial charge in [-0.2, -0.15) is 0 Å². The molecule has 0 radical (unpaired) electrons. The molecule has 1 fully saturated rings. The lowest BCUT2D eigenvalue weighted by Crippen LogP contribution is -2.54. The minimum atomic E-state index is 0.650. The number of benzene rings is 1. The van der Waals surface area contributed by atoms with Gasteiger partial charge in [0.1, 0.15) is 5.65 Å². The van der Waals surface area contributed by atoms with Crippen LogP contribution in [0.25, 0.3) is 11.0 Å². The summed E-state index contributed by atoms with van der Waals surface area (Å²) in [6, 6.07) is 13.8. The third-order valence-electron chi connectivity index (χ3n) is 5.55. The second kappa shape index (κ2) is 5.64. The van der Waals surface area contributed by atoms with Crippen LogP contribution in [0.4, 0.5) is 5.69 Å². The number of piperazine rings is 1. The van der Waals surface area contributed by atoms with Gasteiger partial charge in [0, 0.05) is 55.7 Å². The number of nitrogens with zero attached hydrogens (tertiary/aromatic N) is 3. The van der Waals surface area contributed by atoms with Crippen LogP contribution in [0.2, 0.25) is 0 Å². The number of aromatic amines is 1. The summed E-state index contributed by atoms with van der Waals surface area (Å²) in [5, 5.41) is 1.26. The van der Waals surface area contributed by atoms with Crippen LogP contribution < -0.4 is 4.90 Å². The smallest absolute Gasteiger partial charge is 0.137 e. The topological polar surface area (TPSA) is 35.2 Å². The molecule has 122 valence electrons. The first-order chi connectivity index (χ1) is 11.9. The molecule has 2 aliphatic heterocycles. The van der Waals surface area contributed by atoms with Gasteiger partial charge in [-0.25, -0.2) is 4.98 Å². The molecule has 0 aliphatic carbocycles. The Hall–Kier alpha value is -2.33.